The van der Waals surface area contributed by atoms with Crippen molar-refractivity contribution in [1.82, 2.24) is 5.43 Å². The molecule has 1 N–H and O–H groups in total. The van der Waals surface area contributed by atoms with Crippen molar-refractivity contribution in [2.75, 3.05) is 14.2 Å². The molecule has 0 aliphatic rings. The number of hydrogen-bond acceptors (Lipinski definition) is 5. The molecule has 0 atom stereocenters. The first kappa shape index (κ1) is 21.4. The van der Waals surface area contributed by atoms with Crippen molar-refractivity contribution in [3.8, 4) is 17.2 Å². The van der Waals surface area contributed by atoms with Crippen LogP contribution in [0.15, 0.2) is 76.3 Å². The zero-order chi connectivity index (χ0) is 21.3. The molecule has 0 saturated carbocycles. The minimum absolute atomic E-state index is 0.326. The number of rotatable bonds is 8. The van der Waals surface area contributed by atoms with Gasteiger partial charge in [0.05, 0.1) is 20.4 Å². The topological polar surface area (TPSA) is 69.2 Å². The molecule has 0 spiro atoms. The van der Waals surface area contributed by atoms with Crippen molar-refractivity contribution < 1.29 is 19.0 Å². The molecule has 0 fully saturated rings. The van der Waals surface area contributed by atoms with Gasteiger partial charge in [-0.15, -0.1) is 0 Å². The summed E-state index contributed by atoms with van der Waals surface area (Å²) in [5.41, 5.74) is 4.73. The van der Waals surface area contributed by atoms with Gasteiger partial charge in [-0.1, -0.05) is 28.1 Å². The third-order valence-corrected chi connectivity index (χ3v) is 4.77. The van der Waals surface area contributed by atoms with Gasteiger partial charge in [-0.25, -0.2) is 5.43 Å². The van der Waals surface area contributed by atoms with E-state index in [1.807, 2.05) is 24.3 Å². The van der Waals surface area contributed by atoms with E-state index < -0.39 is 0 Å². The largest absolute Gasteiger partial charge is 0.497 e. The molecule has 1 amide bonds. The van der Waals surface area contributed by atoms with Crippen molar-refractivity contribution >= 4 is 28.1 Å². The van der Waals surface area contributed by atoms with Crippen LogP contribution in [-0.4, -0.2) is 26.3 Å². The Hall–Kier alpha value is -3.32. The summed E-state index contributed by atoms with van der Waals surface area (Å²) < 4.78 is 17.3. The Bertz CT molecular complexity index is 1020. The monoisotopic (exact) mass is 468 g/mol. The highest BCUT2D eigenvalue weighted by molar-refractivity contribution is 9.10. The smallest absolute Gasteiger partial charge is 0.271 e. The maximum atomic E-state index is 12.3. The number of methoxy groups -OCH3 is 2. The summed E-state index contributed by atoms with van der Waals surface area (Å²) in [6, 6.07) is 20.1. The zero-order valence-corrected chi connectivity index (χ0v) is 18.2. The van der Waals surface area contributed by atoms with Crippen LogP contribution in [0.1, 0.15) is 21.5 Å². The van der Waals surface area contributed by atoms with Gasteiger partial charge < -0.3 is 14.2 Å². The quantitative estimate of drug-likeness (QED) is 0.380. The van der Waals surface area contributed by atoms with Crippen molar-refractivity contribution in [3.63, 3.8) is 0 Å². The van der Waals surface area contributed by atoms with E-state index in [1.165, 1.54) is 6.21 Å². The van der Waals surface area contributed by atoms with E-state index in [2.05, 4.69) is 26.5 Å². The fraction of sp³-hybridized carbons (Fsp3) is 0.130. The van der Waals surface area contributed by atoms with E-state index in [-0.39, 0.29) is 5.91 Å². The Labute approximate surface area is 183 Å². The SMILES string of the molecule is COc1ccc(OC)c(C=NNC(=O)c2ccc(OCc3ccc(Br)cc3)cc2)c1. The van der Waals surface area contributed by atoms with Crippen LogP contribution < -0.4 is 19.6 Å². The summed E-state index contributed by atoms with van der Waals surface area (Å²) in [5, 5.41) is 4.01. The highest BCUT2D eigenvalue weighted by Crippen LogP contribution is 2.22. The van der Waals surface area contributed by atoms with Gasteiger partial charge >= 0.3 is 0 Å². The summed E-state index contributed by atoms with van der Waals surface area (Å²) >= 11 is 3.41. The minimum atomic E-state index is -0.326. The summed E-state index contributed by atoms with van der Waals surface area (Å²) in [5.74, 6) is 1.65. The lowest BCUT2D eigenvalue weighted by atomic mass is 10.2. The number of carbonyl (C=O) groups is 1. The van der Waals surface area contributed by atoms with Gasteiger partial charge in [-0.3, -0.25) is 4.79 Å². The first-order valence-electron chi connectivity index (χ1n) is 9.12. The van der Waals surface area contributed by atoms with Crippen LogP contribution in [0.4, 0.5) is 0 Å². The Morgan fingerprint density at radius 3 is 2.33 bits per heavy atom. The van der Waals surface area contributed by atoms with E-state index in [1.54, 1.807) is 56.7 Å². The summed E-state index contributed by atoms with van der Waals surface area (Å²) in [7, 11) is 3.15. The van der Waals surface area contributed by atoms with E-state index in [9.17, 15) is 4.79 Å². The van der Waals surface area contributed by atoms with Crippen molar-refractivity contribution in [1.29, 1.82) is 0 Å². The number of halogens is 1. The van der Waals surface area contributed by atoms with Crippen LogP contribution >= 0.6 is 15.9 Å². The number of carbonyl (C=O) groups excluding carboxylic acids is 1. The van der Waals surface area contributed by atoms with Crippen LogP contribution in [0.25, 0.3) is 0 Å². The van der Waals surface area contributed by atoms with Gasteiger partial charge in [0.2, 0.25) is 0 Å². The van der Waals surface area contributed by atoms with Crippen molar-refractivity contribution in [3.05, 3.63) is 87.9 Å². The number of nitrogens with one attached hydrogen (secondary N) is 1. The second kappa shape index (κ2) is 10.5. The predicted molar refractivity (Wildman–Crippen MR) is 120 cm³/mol. The molecular weight excluding hydrogens is 448 g/mol. The molecule has 154 valence electrons. The molecule has 6 nitrogen and oxygen atoms in total. The molecule has 7 heteroatoms. The predicted octanol–water partition coefficient (Wildman–Crippen LogP) is 4.81. The highest BCUT2D eigenvalue weighted by atomic mass is 79.9. The maximum Gasteiger partial charge on any atom is 0.271 e. The van der Waals surface area contributed by atoms with Crippen LogP contribution in [0.3, 0.4) is 0 Å². The number of benzene rings is 3. The number of ether oxygens (including phenoxy) is 3. The first-order valence-corrected chi connectivity index (χ1v) is 9.91. The standard InChI is InChI=1S/C23H21BrN2O4/c1-28-21-11-12-22(29-2)18(13-21)14-25-26-23(27)17-5-9-20(10-6-17)30-15-16-3-7-19(24)8-4-16/h3-14H,15H2,1-2H3,(H,26,27). The normalized spacial score (nSPS) is 10.6. The molecule has 0 bridgehead atoms. The summed E-state index contributed by atoms with van der Waals surface area (Å²) in [6.45, 7) is 0.450. The fourth-order valence-electron chi connectivity index (χ4n) is 2.62. The van der Waals surface area contributed by atoms with Gasteiger partial charge in [0.1, 0.15) is 23.9 Å². The van der Waals surface area contributed by atoms with E-state index in [4.69, 9.17) is 14.2 Å². The molecule has 0 aliphatic heterocycles. The van der Waals surface area contributed by atoms with Gasteiger partial charge in [-0.2, -0.15) is 5.10 Å². The molecule has 0 heterocycles. The van der Waals surface area contributed by atoms with Crippen LogP contribution in [0.5, 0.6) is 17.2 Å². The van der Waals surface area contributed by atoms with Gasteiger partial charge in [0.25, 0.3) is 5.91 Å². The van der Waals surface area contributed by atoms with Crippen LogP contribution in [0.2, 0.25) is 0 Å². The molecule has 0 radical (unpaired) electrons. The fourth-order valence-corrected chi connectivity index (χ4v) is 2.88. The lowest BCUT2D eigenvalue weighted by molar-refractivity contribution is 0.0955. The lowest BCUT2D eigenvalue weighted by Crippen LogP contribution is -2.17. The molecule has 3 aromatic carbocycles. The Morgan fingerprint density at radius 2 is 1.67 bits per heavy atom. The van der Waals surface area contributed by atoms with Crippen LogP contribution in [-0.2, 0) is 6.61 Å². The van der Waals surface area contributed by atoms with E-state index in [0.717, 1.165) is 10.0 Å². The molecule has 30 heavy (non-hydrogen) atoms. The first-order chi connectivity index (χ1) is 14.6. The van der Waals surface area contributed by atoms with Gasteiger partial charge in [0.15, 0.2) is 0 Å². The molecule has 0 unspecified atom stereocenters. The Kier molecular flexibility index (Phi) is 7.45. The average molecular weight is 469 g/mol. The number of hydrazone groups is 1. The minimum Gasteiger partial charge on any atom is -0.497 e. The number of nitrogens with zero attached hydrogens (tertiary/aromatic N) is 1. The van der Waals surface area contributed by atoms with E-state index in [0.29, 0.717) is 35.0 Å². The van der Waals surface area contributed by atoms with E-state index >= 15 is 0 Å². The zero-order valence-electron chi connectivity index (χ0n) is 16.6. The number of amides is 1. The highest BCUT2D eigenvalue weighted by Gasteiger charge is 2.06. The number of hydrogen-bond donors (Lipinski definition) is 1. The third kappa shape index (κ3) is 5.84. The van der Waals surface area contributed by atoms with Crippen molar-refractivity contribution in [2.24, 2.45) is 5.10 Å². The molecular formula is C23H21BrN2O4. The third-order valence-electron chi connectivity index (χ3n) is 4.24. The Balaban J connectivity index is 1.57. The van der Waals surface area contributed by atoms with Crippen molar-refractivity contribution in [2.45, 2.75) is 6.61 Å². The molecule has 3 aromatic rings. The Morgan fingerprint density at radius 1 is 0.967 bits per heavy atom. The second-order valence-electron chi connectivity index (χ2n) is 6.25. The molecule has 0 aromatic heterocycles. The second-order valence-corrected chi connectivity index (χ2v) is 7.16. The molecule has 3 rings (SSSR count). The van der Waals surface area contributed by atoms with Gasteiger partial charge in [0, 0.05) is 15.6 Å². The molecule has 0 saturated heterocycles. The summed E-state index contributed by atoms with van der Waals surface area (Å²) in [4.78, 5) is 12.3. The average Bonchev–Trinajstić information content (AvgIpc) is 2.79. The maximum absolute atomic E-state index is 12.3. The van der Waals surface area contributed by atoms with Crippen LogP contribution in [0, 0.1) is 0 Å². The molecule has 0 aliphatic carbocycles. The van der Waals surface area contributed by atoms with Gasteiger partial charge in [-0.05, 0) is 60.2 Å². The summed E-state index contributed by atoms with van der Waals surface area (Å²) in [6.07, 6.45) is 1.51. The lowest BCUT2D eigenvalue weighted by Gasteiger charge is -2.08.